The van der Waals surface area contributed by atoms with Crippen LogP contribution in [-0.2, 0) is 0 Å². The van der Waals surface area contributed by atoms with Crippen molar-refractivity contribution in [1.29, 1.82) is 0 Å². The fraction of sp³-hybridized carbons (Fsp3) is 0.0952. The number of amides is 2. The number of carbonyl (C=O) groups excluding carboxylic acids is 2. The molecule has 0 saturated heterocycles. The molecule has 2 N–H and O–H groups in total. The molecule has 27 heavy (non-hydrogen) atoms. The van der Waals surface area contributed by atoms with Crippen molar-refractivity contribution in [1.82, 2.24) is 4.98 Å². The number of aryl methyl sites for hydroxylation is 1. The number of anilines is 2. The van der Waals surface area contributed by atoms with Crippen LogP contribution in [0.3, 0.4) is 0 Å². The number of nitrogens with one attached hydrogen (secondary N) is 2. The van der Waals surface area contributed by atoms with Crippen LogP contribution >= 0.6 is 0 Å². The highest BCUT2D eigenvalue weighted by Gasteiger charge is 2.11. The van der Waals surface area contributed by atoms with Gasteiger partial charge in [-0.25, -0.2) is 4.98 Å². The summed E-state index contributed by atoms with van der Waals surface area (Å²) in [6.07, 6.45) is 1.52. The monoisotopic (exact) mass is 361 g/mol. The van der Waals surface area contributed by atoms with E-state index in [2.05, 4.69) is 15.6 Å². The molecule has 6 heteroatoms. The number of benzene rings is 2. The van der Waals surface area contributed by atoms with Crippen molar-refractivity contribution in [2.75, 3.05) is 17.7 Å². The Bertz CT molecular complexity index is 971. The van der Waals surface area contributed by atoms with Gasteiger partial charge in [-0.3, -0.25) is 9.59 Å². The molecule has 3 aromatic rings. The molecule has 0 aliphatic carbocycles. The summed E-state index contributed by atoms with van der Waals surface area (Å²) in [4.78, 5) is 28.8. The summed E-state index contributed by atoms with van der Waals surface area (Å²) in [5.41, 5.74) is 2.38. The van der Waals surface area contributed by atoms with E-state index in [9.17, 15) is 9.59 Å². The molecule has 2 amide bonds. The lowest BCUT2D eigenvalue weighted by Gasteiger charge is -2.11. The summed E-state index contributed by atoms with van der Waals surface area (Å²) in [7, 11) is 1.55. The lowest BCUT2D eigenvalue weighted by atomic mass is 10.2. The molecule has 1 heterocycles. The van der Waals surface area contributed by atoms with Gasteiger partial charge in [0.05, 0.1) is 19.0 Å². The van der Waals surface area contributed by atoms with Crippen LogP contribution in [0.2, 0.25) is 0 Å². The zero-order valence-corrected chi connectivity index (χ0v) is 15.0. The van der Waals surface area contributed by atoms with Gasteiger partial charge in [0.25, 0.3) is 11.8 Å². The standard InChI is InChI=1S/C21H19N3O3/c1-14-11-19(24-20(25)15-7-4-3-5-8-15)22-13-18(14)23-21(26)16-9-6-10-17(12-16)27-2/h3-13H,1-2H3,(H,23,26)(H,22,24,25). The highest BCUT2D eigenvalue weighted by molar-refractivity contribution is 6.05. The average molecular weight is 361 g/mol. The minimum atomic E-state index is -0.264. The quantitative estimate of drug-likeness (QED) is 0.722. The molecule has 6 nitrogen and oxygen atoms in total. The summed E-state index contributed by atoms with van der Waals surface area (Å²) < 4.78 is 5.14. The fourth-order valence-corrected chi connectivity index (χ4v) is 2.49. The van der Waals surface area contributed by atoms with Gasteiger partial charge in [-0.1, -0.05) is 24.3 Å². The van der Waals surface area contributed by atoms with E-state index < -0.39 is 0 Å². The second-order valence-corrected chi connectivity index (χ2v) is 5.89. The third kappa shape index (κ3) is 4.49. The molecule has 0 spiro atoms. The summed E-state index contributed by atoms with van der Waals surface area (Å²) in [6.45, 7) is 1.83. The summed E-state index contributed by atoms with van der Waals surface area (Å²) in [5, 5.41) is 5.57. The van der Waals surface area contributed by atoms with Gasteiger partial charge in [-0.15, -0.1) is 0 Å². The molecule has 136 valence electrons. The normalized spacial score (nSPS) is 10.1. The third-order valence-corrected chi connectivity index (χ3v) is 3.97. The van der Waals surface area contributed by atoms with Crippen molar-refractivity contribution < 1.29 is 14.3 Å². The molecule has 0 fully saturated rings. The minimum Gasteiger partial charge on any atom is -0.497 e. The molecule has 0 unspecified atom stereocenters. The highest BCUT2D eigenvalue weighted by Crippen LogP contribution is 2.19. The van der Waals surface area contributed by atoms with Gasteiger partial charge < -0.3 is 15.4 Å². The van der Waals surface area contributed by atoms with Gasteiger partial charge in [0.2, 0.25) is 0 Å². The van der Waals surface area contributed by atoms with Gasteiger partial charge >= 0.3 is 0 Å². The predicted octanol–water partition coefficient (Wildman–Crippen LogP) is 3.90. The maximum Gasteiger partial charge on any atom is 0.256 e. The number of carbonyl (C=O) groups is 2. The number of pyridine rings is 1. The van der Waals surface area contributed by atoms with Crippen LogP contribution in [0.4, 0.5) is 11.5 Å². The van der Waals surface area contributed by atoms with E-state index in [1.54, 1.807) is 61.7 Å². The Balaban J connectivity index is 1.71. The Hall–Kier alpha value is -3.67. The third-order valence-electron chi connectivity index (χ3n) is 3.97. The number of hydrogen-bond acceptors (Lipinski definition) is 4. The van der Waals surface area contributed by atoms with Crippen molar-refractivity contribution in [3.63, 3.8) is 0 Å². The fourth-order valence-electron chi connectivity index (χ4n) is 2.49. The van der Waals surface area contributed by atoms with Gasteiger partial charge in [-0.05, 0) is 48.9 Å². The first kappa shape index (κ1) is 18.1. The largest absolute Gasteiger partial charge is 0.497 e. The minimum absolute atomic E-state index is 0.240. The zero-order valence-electron chi connectivity index (χ0n) is 15.0. The summed E-state index contributed by atoms with van der Waals surface area (Å²) in [6, 6.07) is 17.5. The maximum atomic E-state index is 12.4. The molecule has 0 radical (unpaired) electrons. The number of hydrogen-bond donors (Lipinski definition) is 2. The molecule has 0 atom stereocenters. The number of nitrogens with zero attached hydrogens (tertiary/aromatic N) is 1. The van der Waals surface area contributed by atoms with Crippen LogP contribution in [0, 0.1) is 6.92 Å². The molecule has 0 aliphatic heterocycles. The van der Waals surface area contributed by atoms with Crippen molar-refractivity contribution >= 4 is 23.3 Å². The van der Waals surface area contributed by atoms with E-state index in [0.717, 1.165) is 5.56 Å². The van der Waals surface area contributed by atoms with Crippen LogP contribution in [0.1, 0.15) is 26.3 Å². The van der Waals surface area contributed by atoms with Crippen LogP contribution in [0.15, 0.2) is 66.9 Å². The topological polar surface area (TPSA) is 80.3 Å². The number of aromatic nitrogens is 1. The smallest absolute Gasteiger partial charge is 0.256 e. The lowest BCUT2D eigenvalue weighted by molar-refractivity contribution is 0.101. The van der Waals surface area contributed by atoms with Gasteiger partial charge in [0.15, 0.2) is 0 Å². The van der Waals surface area contributed by atoms with Crippen molar-refractivity contribution in [2.45, 2.75) is 6.92 Å². The molecule has 2 aromatic carbocycles. The Morgan fingerprint density at radius 1 is 0.889 bits per heavy atom. The van der Waals surface area contributed by atoms with E-state index in [-0.39, 0.29) is 11.8 Å². The first-order chi connectivity index (χ1) is 13.1. The van der Waals surface area contributed by atoms with Crippen LogP contribution in [0.5, 0.6) is 5.75 Å². The second-order valence-electron chi connectivity index (χ2n) is 5.89. The van der Waals surface area contributed by atoms with Gasteiger partial charge in [0, 0.05) is 11.1 Å². The molecule has 3 rings (SSSR count). The van der Waals surface area contributed by atoms with Crippen LogP contribution in [0.25, 0.3) is 0 Å². The van der Waals surface area contributed by atoms with Crippen molar-refractivity contribution in [3.05, 3.63) is 83.6 Å². The van der Waals surface area contributed by atoms with E-state index in [1.807, 2.05) is 13.0 Å². The van der Waals surface area contributed by atoms with E-state index in [4.69, 9.17) is 4.74 Å². The zero-order chi connectivity index (χ0) is 19.2. The number of methoxy groups -OCH3 is 1. The first-order valence-corrected chi connectivity index (χ1v) is 8.35. The van der Waals surface area contributed by atoms with Crippen molar-refractivity contribution in [3.8, 4) is 5.75 Å². The van der Waals surface area contributed by atoms with Gasteiger partial charge in [-0.2, -0.15) is 0 Å². The second kappa shape index (κ2) is 8.14. The predicted molar refractivity (Wildman–Crippen MR) is 104 cm³/mol. The maximum absolute atomic E-state index is 12.4. The molecule has 0 saturated carbocycles. The summed E-state index contributed by atoms with van der Waals surface area (Å²) >= 11 is 0. The summed E-state index contributed by atoms with van der Waals surface area (Å²) in [5.74, 6) is 0.521. The number of rotatable bonds is 5. The Kier molecular flexibility index (Phi) is 5.47. The molecule has 1 aromatic heterocycles. The molecule has 0 bridgehead atoms. The van der Waals surface area contributed by atoms with Gasteiger partial charge in [0.1, 0.15) is 11.6 Å². The van der Waals surface area contributed by atoms with Crippen LogP contribution < -0.4 is 15.4 Å². The molecule has 0 aliphatic rings. The first-order valence-electron chi connectivity index (χ1n) is 8.35. The Morgan fingerprint density at radius 3 is 2.30 bits per heavy atom. The lowest BCUT2D eigenvalue weighted by Crippen LogP contribution is -2.15. The number of ether oxygens (including phenoxy) is 1. The van der Waals surface area contributed by atoms with Crippen molar-refractivity contribution in [2.24, 2.45) is 0 Å². The SMILES string of the molecule is COc1cccc(C(=O)Nc2cnc(NC(=O)c3ccccc3)cc2C)c1. The van der Waals surface area contributed by atoms with E-state index in [1.165, 1.54) is 6.20 Å². The molecular formula is C21H19N3O3. The van der Waals surface area contributed by atoms with Crippen LogP contribution in [-0.4, -0.2) is 23.9 Å². The Morgan fingerprint density at radius 2 is 1.59 bits per heavy atom. The Labute approximate surface area is 157 Å². The van der Waals surface area contributed by atoms with E-state index in [0.29, 0.717) is 28.4 Å². The highest BCUT2D eigenvalue weighted by atomic mass is 16.5. The average Bonchev–Trinajstić information content (AvgIpc) is 2.70. The molecular weight excluding hydrogens is 342 g/mol. The van der Waals surface area contributed by atoms with E-state index >= 15 is 0 Å².